The van der Waals surface area contributed by atoms with E-state index in [2.05, 4.69) is 22.4 Å². The molecular formula is C10H14ClN3OS. The number of hydrogen-bond acceptors (Lipinski definition) is 5. The number of rotatable bonds is 4. The van der Waals surface area contributed by atoms with Crippen LogP contribution in [-0.4, -0.2) is 23.7 Å². The topological polar surface area (TPSA) is 51.0 Å². The lowest BCUT2D eigenvalue weighted by molar-refractivity contribution is 0.357. The predicted molar refractivity (Wildman–Crippen MR) is 67.2 cm³/mol. The number of hydrogen-bond donors (Lipinski definition) is 1. The van der Waals surface area contributed by atoms with Crippen LogP contribution in [0, 0.1) is 0 Å². The minimum absolute atomic E-state index is 0. The highest BCUT2D eigenvalue weighted by atomic mass is 35.5. The van der Waals surface area contributed by atoms with Crippen LogP contribution in [0.4, 0.5) is 0 Å². The lowest BCUT2D eigenvalue weighted by Crippen LogP contribution is -2.14. The van der Waals surface area contributed by atoms with Crippen molar-refractivity contribution in [1.82, 2.24) is 15.5 Å². The van der Waals surface area contributed by atoms with Crippen LogP contribution < -0.4 is 5.32 Å². The summed E-state index contributed by atoms with van der Waals surface area (Å²) in [4.78, 5) is 5.41. The van der Waals surface area contributed by atoms with E-state index in [-0.39, 0.29) is 18.3 Å². The summed E-state index contributed by atoms with van der Waals surface area (Å²) in [6.07, 6.45) is 0. The number of aromatic nitrogens is 2. The van der Waals surface area contributed by atoms with Crippen molar-refractivity contribution in [3.63, 3.8) is 0 Å². The molecule has 0 radical (unpaired) electrons. The zero-order chi connectivity index (χ0) is 10.7. The molecule has 0 fully saturated rings. The molecule has 2 heterocycles. The average molecular weight is 260 g/mol. The molecule has 2 aromatic rings. The third-order valence-corrected chi connectivity index (χ3v) is 2.98. The molecule has 0 aromatic carbocycles. The molecule has 4 nitrogen and oxygen atoms in total. The Morgan fingerprint density at radius 3 is 3.00 bits per heavy atom. The number of nitrogens with zero attached hydrogens (tertiary/aromatic N) is 2. The summed E-state index contributed by atoms with van der Waals surface area (Å²) in [5, 5.41) is 9.05. The van der Waals surface area contributed by atoms with Gasteiger partial charge in [-0.05, 0) is 18.5 Å². The summed E-state index contributed by atoms with van der Waals surface area (Å²) in [6, 6.07) is 3.97. The van der Waals surface area contributed by atoms with Gasteiger partial charge in [0.05, 0.1) is 4.88 Å². The third-order valence-electron chi connectivity index (χ3n) is 2.12. The van der Waals surface area contributed by atoms with Crippen LogP contribution >= 0.6 is 23.7 Å². The smallest absolute Gasteiger partial charge is 0.231 e. The molecule has 1 unspecified atom stereocenters. The van der Waals surface area contributed by atoms with E-state index in [1.54, 1.807) is 11.3 Å². The van der Waals surface area contributed by atoms with E-state index in [0.29, 0.717) is 11.7 Å². The second kappa shape index (κ2) is 5.98. The molecule has 0 aliphatic carbocycles. The summed E-state index contributed by atoms with van der Waals surface area (Å²) >= 11 is 1.61. The van der Waals surface area contributed by atoms with Gasteiger partial charge in [0, 0.05) is 12.5 Å². The first-order valence-electron chi connectivity index (χ1n) is 4.83. The monoisotopic (exact) mass is 259 g/mol. The second-order valence-electron chi connectivity index (χ2n) is 3.39. The summed E-state index contributed by atoms with van der Waals surface area (Å²) < 4.78 is 5.21. The maximum Gasteiger partial charge on any atom is 0.231 e. The molecule has 0 saturated heterocycles. The first-order chi connectivity index (χ1) is 7.31. The largest absolute Gasteiger partial charge is 0.339 e. The Kier molecular flexibility index (Phi) is 4.92. The molecule has 2 rings (SSSR count). The number of nitrogens with one attached hydrogen (secondary N) is 1. The van der Waals surface area contributed by atoms with E-state index in [9.17, 15) is 0 Å². The first kappa shape index (κ1) is 13.2. The highest BCUT2D eigenvalue weighted by Crippen LogP contribution is 2.23. The van der Waals surface area contributed by atoms with Crippen LogP contribution in [0.5, 0.6) is 0 Å². The van der Waals surface area contributed by atoms with Crippen molar-refractivity contribution in [3.05, 3.63) is 23.4 Å². The van der Waals surface area contributed by atoms with Crippen molar-refractivity contribution in [3.8, 4) is 10.7 Å². The standard InChI is InChI=1S/C10H13N3OS.ClH/c1-7(6-11-2)10-12-9(13-14-10)8-4-3-5-15-8;/h3-5,7,11H,6H2,1-2H3;1H. The van der Waals surface area contributed by atoms with E-state index in [0.717, 1.165) is 11.4 Å². The van der Waals surface area contributed by atoms with Gasteiger partial charge in [0.25, 0.3) is 0 Å². The zero-order valence-electron chi connectivity index (χ0n) is 9.14. The molecule has 88 valence electrons. The van der Waals surface area contributed by atoms with Crippen molar-refractivity contribution in [2.24, 2.45) is 0 Å². The van der Waals surface area contributed by atoms with Crippen LogP contribution in [0.2, 0.25) is 0 Å². The zero-order valence-corrected chi connectivity index (χ0v) is 10.8. The molecule has 1 N–H and O–H groups in total. The lowest BCUT2D eigenvalue weighted by atomic mass is 10.2. The minimum Gasteiger partial charge on any atom is -0.339 e. The molecule has 0 saturated carbocycles. The van der Waals surface area contributed by atoms with Gasteiger partial charge in [0.2, 0.25) is 11.7 Å². The fourth-order valence-corrected chi connectivity index (χ4v) is 1.98. The van der Waals surface area contributed by atoms with Gasteiger partial charge in [-0.15, -0.1) is 23.7 Å². The van der Waals surface area contributed by atoms with Crippen LogP contribution in [-0.2, 0) is 0 Å². The summed E-state index contributed by atoms with van der Waals surface area (Å²) in [6.45, 7) is 2.90. The molecular weight excluding hydrogens is 246 g/mol. The Labute approximate surface area is 104 Å². The van der Waals surface area contributed by atoms with E-state index in [1.807, 2.05) is 24.6 Å². The van der Waals surface area contributed by atoms with Crippen LogP contribution in [0.25, 0.3) is 10.7 Å². The number of halogens is 1. The van der Waals surface area contributed by atoms with Gasteiger partial charge in [0.15, 0.2) is 0 Å². The van der Waals surface area contributed by atoms with Crippen molar-refractivity contribution in [1.29, 1.82) is 0 Å². The first-order valence-corrected chi connectivity index (χ1v) is 5.71. The molecule has 16 heavy (non-hydrogen) atoms. The number of thiophene rings is 1. The third kappa shape index (κ3) is 2.81. The predicted octanol–water partition coefficient (Wildman–Crippen LogP) is 2.54. The van der Waals surface area contributed by atoms with E-state index in [1.165, 1.54) is 0 Å². The molecule has 0 spiro atoms. The minimum atomic E-state index is 0. The highest BCUT2D eigenvalue weighted by Gasteiger charge is 2.14. The van der Waals surface area contributed by atoms with Crippen molar-refractivity contribution in [2.45, 2.75) is 12.8 Å². The molecule has 0 aliphatic heterocycles. The second-order valence-corrected chi connectivity index (χ2v) is 4.34. The Morgan fingerprint density at radius 2 is 2.38 bits per heavy atom. The van der Waals surface area contributed by atoms with Gasteiger partial charge in [-0.25, -0.2) is 0 Å². The van der Waals surface area contributed by atoms with Crippen molar-refractivity contribution in [2.75, 3.05) is 13.6 Å². The van der Waals surface area contributed by atoms with Gasteiger partial charge in [-0.3, -0.25) is 0 Å². The van der Waals surface area contributed by atoms with Crippen LogP contribution in [0.3, 0.4) is 0 Å². The van der Waals surface area contributed by atoms with E-state index < -0.39 is 0 Å². The normalized spacial score (nSPS) is 12.1. The fourth-order valence-electron chi connectivity index (χ4n) is 1.33. The molecule has 0 bridgehead atoms. The Bertz CT molecular complexity index is 415. The summed E-state index contributed by atoms with van der Waals surface area (Å²) in [7, 11) is 1.91. The van der Waals surface area contributed by atoms with Gasteiger partial charge in [-0.1, -0.05) is 18.1 Å². The van der Waals surface area contributed by atoms with Crippen LogP contribution in [0.1, 0.15) is 18.7 Å². The summed E-state index contributed by atoms with van der Waals surface area (Å²) in [5.41, 5.74) is 0. The highest BCUT2D eigenvalue weighted by molar-refractivity contribution is 7.13. The average Bonchev–Trinajstić information content (AvgIpc) is 2.89. The van der Waals surface area contributed by atoms with Crippen LogP contribution in [0.15, 0.2) is 22.0 Å². The molecule has 1 atom stereocenters. The quantitative estimate of drug-likeness (QED) is 0.917. The maximum atomic E-state index is 5.21. The molecule has 0 amide bonds. The van der Waals surface area contributed by atoms with Gasteiger partial charge in [0.1, 0.15) is 0 Å². The van der Waals surface area contributed by atoms with E-state index >= 15 is 0 Å². The Balaban J connectivity index is 0.00000128. The Hall–Kier alpha value is -0.910. The SMILES string of the molecule is CNCC(C)c1nc(-c2cccs2)no1.Cl. The van der Waals surface area contributed by atoms with Crippen molar-refractivity contribution >= 4 is 23.7 Å². The van der Waals surface area contributed by atoms with Gasteiger partial charge in [-0.2, -0.15) is 4.98 Å². The summed E-state index contributed by atoms with van der Waals surface area (Å²) in [5.74, 6) is 1.62. The maximum absolute atomic E-state index is 5.21. The van der Waals surface area contributed by atoms with Gasteiger partial charge >= 0.3 is 0 Å². The molecule has 6 heteroatoms. The number of likely N-dealkylation sites (N-methyl/N-ethyl adjacent to an activating group) is 1. The Morgan fingerprint density at radius 1 is 1.56 bits per heavy atom. The molecule has 0 aliphatic rings. The lowest BCUT2D eigenvalue weighted by Gasteiger charge is -2.02. The van der Waals surface area contributed by atoms with Gasteiger partial charge < -0.3 is 9.84 Å². The van der Waals surface area contributed by atoms with Crippen molar-refractivity contribution < 1.29 is 4.52 Å². The molecule has 2 aromatic heterocycles. The fraction of sp³-hybridized carbons (Fsp3) is 0.400. The van der Waals surface area contributed by atoms with E-state index in [4.69, 9.17) is 4.52 Å².